The van der Waals surface area contributed by atoms with Crippen molar-refractivity contribution in [1.82, 2.24) is 0 Å². The molecular formula is C16H26O4. The van der Waals surface area contributed by atoms with Crippen LogP contribution in [0.3, 0.4) is 0 Å². The van der Waals surface area contributed by atoms with Crippen LogP contribution in [-0.4, -0.2) is 25.2 Å². The summed E-state index contributed by atoms with van der Waals surface area (Å²) in [4.78, 5) is 21.7. The maximum absolute atomic E-state index is 10.8. The van der Waals surface area contributed by atoms with E-state index in [4.69, 9.17) is 0 Å². The first-order chi connectivity index (χ1) is 9.28. The largest absolute Gasteiger partial charge is 0.459 e. The van der Waals surface area contributed by atoms with Crippen molar-refractivity contribution in [3.05, 3.63) is 49.6 Å². The van der Waals surface area contributed by atoms with Gasteiger partial charge in [0.15, 0.2) is 0 Å². The summed E-state index contributed by atoms with van der Waals surface area (Å²) in [6, 6.07) is 0. The molecule has 0 aromatic carbocycles. The molecule has 4 heteroatoms. The third kappa shape index (κ3) is 21.2. The van der Waals surface area contributed by atoms with Crippen LogP contribution in [0, 0.1) is 0 Å². The molecule has 0 aromatic heterocycles. The van der Waals surface area contributed by atoms with Crippen molar-refractivity contribution in [2.75, 3.05) is 13.2 Å². The van der Waals surface area contributed by atoms with E-state index in [0.717, 1.165) is 0 Å². The molecule has 0 saturated carbocycles. The second kappa shape index (κ2) is 16.9. The van der Waals surface area contributed by atoms with E-state index in [1.54, 1.807) is 26.0 Å². The fraction of sp³-hybridized carbons (Fsp3) is 0.375. The van der Waals surface area contributed by atoms with Crippen LogP contribution < -0.4 is 0 Å². The molecule has 0 aliphatic rings. The SMILES string of the molecule is C=C(C)C(=O)OCCOC(=O)C(=C)C.C=CC.C=CC. The molecule has 0 spiro atoms. The fourth-order valence-electron chi connectivity index (χ4n) is 0.515. The van der Waals surface area contributed by atoms with Gasteiger partial charge >= 0.3 is 11.9 Å². The summed E-state index contributed by atoms with van der Waals surface area (Å²) in [6.07, 6.45) is 3.50. The van der Waals surface area contributed by atoms with E-state index in [1.165, 1.54) is 0 Å². The fourth-order valence-corrected chi connectivity index (χ4v) is 0.515. The van der Waals surface area contributed by atoms with Gasteiger partial charge in [0.05, 0.1) is 0 Å². The molecule has 0 aromatic rings. The average molecular weight is 282 g/mol. The van der Waals surface area contributed by atoms with Gasteiger partial charge in [0.25, 0.3) is 0 Å². The topological polar surface area (TPSA) is 52.6 Å². The van der Waals surface area contributed by atoms with Crippen molar-refractivity contribution >= 4 is 11.9 Å². The highest BCUT2D eigenvalue weighted by Crippen LogP contribution is 1.94. The van der Waals surface area contributed by atoms with Crippen LogP contribution in [0.25, 0.3) is 0 Å². The Kier molecular flexibility index (Phi) is 19.5. The van der Waals surface area contributed by atoms with E-state index in [1.807, 2.05) is 13.8 Å². The Hall–Kier alpha value is -2.10. The van der Waals surface area contributed by atoms with Crippen LogP contribution in [0.4, 0.5) is 0 Å². The summed E-state index contributed by atoms with van der Waals surface area (Å²) in [7, 11) is 0. The molecule has 4 nitrogen and oxygen atoms in total. The van der Waals surface area contributed by atoms with Crippen LogP contribution in [0.2, 0.25) is 0 Å². The minimum absolute atomic E-state index is 0.0325. The molecule has 0 unspecified atom stereocenters. The molecule has 0 bridgehead atoms. The predicted octanol–water partition coefficient (Wildman–Crippen LogP) is 3.61. The van der Waals surface area contributed by atoms with Crippen LogP contribution in [0.1, 0.15) is 27.7 Å². The number of rotatable bonds is 5. The van der Waals surface area contributed by atoms with Gasteiger partial charge in [-0.25, -0.2) is 9.59 Å². The number of ether oxygens (including phenoxy) is 2. The van der Waals surface area contributed by atoms with Gasteiger partial charge in [-0.1, -0.05) is 25.3 Å². The minimum Gasteiger partial charge on any atom is -0.459 e. The third-order valence-electron chi connectivity index (χ3n) is 1.25. The maximum Gasteiger partial charge on any atom is 0.333 e. The van der Waals surface area contributed by atoms with E-state index in [9.17, 15) is 9.59 Å². The zero-order chi connectivity index (χ0) is 16.6. The zero-order valence-electron chi connectivity index (χ0n) is 13.0. The van der Waals surface area contributed by atoms with E-state index in [0.29, 0.717) is 11.1 Å². The highest BCUT2D eigenvalue weighted by atomic mass is 16.6. The van der Waals surface area contributed by atoms with Gasteiger partial charge in [0.2, 0.25) is 0 Å². The average Bonchev–Trinajstić information content (AvgIpc) is 2.35. The van der Waals surface area contributed by atoms with Gasteiger partial charge in [-0.2, -0.15) is 0 Å². The van der Waals surface area contributed by atoms with Gasteiger partial charge < -0.3 is 9.47 Å². The van der Waals surface area contributed by atoms with Crippen molar-refractivity contribution in [1.29, 1.82) is 0 Å². The Morgan fingerprint density at radius 3 is 1.20 bits per heavy atom. The van der Waals surface area contributed by atoms with Gasteiger partial charge in [0.1, 0.15) is 13.2 Å². The minimum atomic E-state index is -0.489. The summed E-state index contributed by atoms with van der Waals surface area (Å²) in [5.74, 6) is -0.979. The van der Waals surface area contributed by atoms with Crippen LogP contribution >= 0.6 is 0 Å². The summed E-state index contributed by atoms with van der Waals surface area (Å²) in [5.41, 5.74) is 0.632. The maximum atomic E-state index is 10.8. The van der Waals surface area contributed by atoms with Crippen LogP contribution in [0.15, 0.2) is 49.6 Å². The van der Waals surface area contributed by atoms with E-state index >= 15 is 0 Å². The highest BCUT2D eigenvalue weighted by molar-refractivity contribution is 5.87. The van der Waals surface area contributed by atoms with Gasteiger partial charge in [-0.15, -0.1) is 13.2 Å². The second-order valence-electron chi connectivity index (χ2n) is 3.65. The molecule has 0 radical (unpaired) electrons. The Bertz CT molecular complexity index is 306. The van der Waals surface area contributed by atoms with Crippen molar-refractivity contribution in [3.8, 4) is 0 Å². The molecule has 20 heavy (non-hydrogen) atoms. The first-order valence-corrected chi connectivity index (χ1v) is 6.07. The molecule has 0 heterocycles. The van der Waals surface area contributed by atoms with Gasteiger partial charge in [0, 0.05) is 11.1 Å². The molecule has 114 valence electrons. The van der Waals surface area contributed by atoms with Gasteiger partial charge in [-0.3, -0.25) is 0 Å². The van der Waals surface area contributed by atoms with Crippen molar-refractivity contribution in [3.63, 3.8) is 0 Å². The van der Waals surface area contributed by atoms with Crippen LogP contribution in [0.5, 0.6) is 0 Å². The molecule has 0 N–H and O–H groups in total. The predicted molar refractivity (Wildman–Crippen MR) is 83.3 cm³/mol. The summed E-state index contributed by atoms with van der Waals surface area (Å²) in [6.45, 7) is 20.5. The third-order valence-corrected chi connectivity index (χ3v) is 1.25. The van der Waals surface area contributed by atoms with Crippen LogP contribution in [-0.2, 0) is 19.1 Å². The van der Waals surface area contributed by atoms with E-state index in [2.05, 4.69) is 35.8 Å². The lowest BCUT2D eigenvalue weighted by atomic mass is 10.4. The first kappa shape index (κ1) is 23.0. The molecule has 0 aliphatic heterocycles. The van der Waals surface area contributed by atoms with Crippen molar-refractivity contribution in [2.45, 2.75) is 27.7 Å². The number of esters is 2. The number of carbonyl (C=O) groups excluding carboxylic acids is 2. The van der Waals surface area contributed by atoms with E-state index in [-0.39, 0.29) is 13.2 Å². The Morgan fingerprint density at radius 2 is 1.05 bits per heavy atom. The lowest BCUT2D eigenvalue weighted by Crippen LogP contribution is -2.14. The molecule has 0 fully saturated rings. The Labute approximate surface area is 122 Å². The number of carbonyl (C=O) groups is 2. The first-order valence-electron chi connectivity index (χ1n) is 6.07. The highest BCUT2D eigenvalue weighted by Gasteiger charge is 2.05. The number of allylic oxidation sites excluding steroid dienone is 2. The smallest absolute Gasteiger partial charge is 0.333 e. The molecular weight excluding hydrogens is 256 g/mol. The Morgan fingerprint density at radius 1 is 0.850 bits per heavy atom. The number of hydrogen-bond acceptors (Lipinski definition) is 4. The molecule has 0 saturated heterocycles. The molecule has 0 amide bonds. The van der Waals surface area contributed by atoms with Gasteiger partial charge in [-0.05, 0) is 27.7 Å². The van der Waals surface area contributed by atoms with Crippen molar-refractivity contribution in [2.24, 2.45) is 0 Å². The zero-order valence-corrected chi connectivity index (χ0v) is 13.0. The Balaban J connectivity index is -0.000000408. The summed E-state index contributed by atoms with van der Waals surface area (Å²) in [5, 5.41) is 0. The summed E-state index contributed by atoms with van der Waals surface area (Å²) < 4.78 is 9.38. The quantitative estimate of drug-likeness (QED) is 0.334. The second-order valence-corrected chi connectivity index (χ2v) is 3.65. The molecule has 0 atom stereocenters. The molecule has 0 aliphatic carbocycles. The van der Waals surface area contributed by atoms with E-state index < -0.39 is 11.9 Å². The molecule has 0 rings (SSSR count). The summed E-state index contributed by atoms with van der Waals surface area (Å²) >= 11 is 0. The lowest BCUT2D eigenvalue weighted by Gasteiger charge is -2.05. The van der Waals surface area contributed by atoms with Crippen molar-refractivity contribution < 1.29 is 19.1 Å². The normalized spacial score (nSPS) is 7.60. The standard InChI is InChI=1S/C10H14O4.2C3H6/c1-7(2)9(11)13-5-6-14-10(12)8(3)4;2*1-3-2/h1,3,5-6H2,2,4H3;2*3H,1H2,2H3. The number of hydrogen-bond donors (Lipinski definition) is 0. The lowest BCUT2D eigenvalue weighted by molar-refractivity contribution is -0.147. The monoisotopic (exact) mass is 282 g/mol.